The zero-order valence-electron chi connectivity index (χ0n) is 12.3. The highest BCUT2D eigenvalue weighted by molar-refractivity contribution is 7.99. The number of carbonyl (C=O) groups excluding carboxylic acids is 1. The molecule has 0 radical (unpaired) electrons. The van der Waals surface area contributed by atoms with Gasteiger partial charge in [0.05, 0.1) is 0 Å². The van der Waals surface area contributed by atoms with E-state index < -0.39 is 0 Å². The molecule has 0 saturated heterocycles. The van der Waals surface area contributed by atoms with Crippen LogP contribution in [0.4, 0.5) is 5.69 Å². The first-order valence-electron chi connectivity index (χ1n) is 6.81. The maximum absolute atomic E-state index is 11.9. The van der Waals surface area contributed by atoms with Crippen LogP contribution in [0.3, 0.4) is 0 Å². The molecule has 0 fully saturated rings. The number of hydrogen-bond acceptors (Lipinski definition) is 3. The average molecular weight is 317 g/mol. The summed E-state index contributed by atoms with van der Waals surface area (Å²) in [6.45, 7) is 2.07. The van der Waals surface area contributed by atoms with E-state index in [4.69, 9.17) is 0 Å². The van der Waals surface area contributed by atoms with Crippen LogP contribution in [0.15, 0.2) is 58.3 Å². The van der Waals surface area contributed by atoms with Crippen LogP contribution in [0, 0.1) is 6.92 Å². The van der Waals surface area contributed by atoms with Gasteiger partial charge in [0.15, 0.2) is 0 Å². The van der Waals surface area contributed by atoms with Gasteiger partial charge in [0.2, 0.25) is 5.91 Å². The highest BCUT2D eigenvalue weighted by Crippen LogP contribution is 2.20. The molecule has 21 heavy (non-hydrogen) atoms. The molecule has 0 unspecified atom stereocenters. The number of nitrogens with one attached hydrogen (secondary N) is 1. The largest absolute Gasteiger partial charge is 0.326 e. The van der Waals surface area contributed by atoms with Gasteiger partial charge in [-0.2, -0.15) is 0 Å². The Bertz CT molecular complexity index is 579. The minimum atomic E-state index is 0.0616. The van der Waals surface area contributed by atoms with Crippen molar-refractivity contribution in [1.82, 2.24) is 0 Å². The molecule has 2 nitrogen and oxygen atoms in total. The number of benzene rings is 2. The lowest BCUT2D eigenvalue weighted by molar-refractivity contribution is -0.115. The van der Waals surface area contributed by atoms with Gasteiger partial charge in [-0.3, -0.25) is 4.79 Å². The molecule has 0 aromatic heterocycles. The minimum absolute atomic E-state index is 0.0616. The normalized spacial score (nSPS) is 10.4. The summed E-state index contributed by atoms with van der Waals surface area (Å²) < 4.78 is 0. The topological polar surface area (TPSA) is 29.1 Å². The van der Waals surface area contributed by atoms with Crippen LogP contribution in [0.2, 0.25) is 0 Å². The standard InChI is InChI=1S/C17H19NOS2/c1-13-3-7-16(8-4-13)21-12-11-17(19)18-14-5-9-15(20-2)10-6-14/h3-10H,11-12H2,1-2H3,(H,18,19). The SMILES string of the molecule is CSc1ccc(NC(=O)CCSc2ccc(C)cc2)cc1. The Morgan fingerprint density at radius 1 is 1.00 bits per heavy atom. The first kappa shape index (κ1) is 16.0. The van der Waals surface area contributed by atoms with E-state index in [1.54, 1.807) is 23.5 Å². The summed E-state index contributed by atoms with van der Waals surface area (Å²) >= 11 is 3.40. The second kappa shape index (κ2) is 8.15. The molecule has 0 aliphatic heterocycles. The smallest absolute Gasteiger partial charge is 0.225 e. The number of aryl methyl sites for hydroxylation is 1. The maximum atomic E-state index is 11.9. The van der Waals surface area contributed by atoms with E-state index in [-0.39, 0.29) is 5.91 Å². The van der Waals surface area contributed by atoms with Gasteiger partial charge in [-0.1, -0.05) is 17.7 Å². The molecule has 1 N–H and O–H groups in total. The van der Waals surface area contributed by atoms with E-state index >= 15 is 0 Å². The van der Waals surface area contributed by atoms with Crippen LogP contribution in [0.5, 0.6) is 0 Å². The van der Waals surface area contributed by atoms with E-state index in [0.717, 1.165) is 11.4 Å². The molecule has 110 valence electrons. The third-order valence-electron chi connectivity index (χ3n) is 2.99. The first-order valence-corrected chi connectivity index (χ1v) is 9.02. The number of rotatable bonds is 6. The van der Waals surface area contributed by atoms with Crippen molar-refractivity contribution in [2.24, 2.45) is 0 Å². The highest BCUT2D eigenvalue weighted by Gasteiger charge is 2.03. The Morgan fingerprint density at radius 3 is 2.24 bits per heavy atom. The Kier molecular flexibility index (Phi) is 6.21. The molecule has 0 bridgehead atoms. The lowest BCUT2D eigenvalue weighted by Crippen LogP contribution is -2.11. The second-order valence-electron chi connectivity index (χ2n) is 4.69. The lowest BCUT2D eigenvalue weighted by Gasteiger charge is -2.06. The van der Waals surface area contributed by atoms with Gasteiger partial charge in [-0.25, -0.2) is 0 Å². The molecule has 0 aliphatic carbocycles. The molecular weight excluding hydrogens is 298 g/mol. The van der Waals surface area contributed by atoms with E-state index in [0.29, 0.717) is 6.42 Å². The molecule has 0 spiro atoms. The number of hydrogen-bond donors (Lipinski definition) is 1. The number of anilines is 1. The molecule has 2 rings (SSSR count). The summed E-state index contributed by atoms with van der Waals surface area (Å²) in [6.07, 6.45) is 2.55. The van der Waals surface area contributed by atoms with Crippen molar-refractivity contribution in [2.75, 3.05) is 17.3 Å². The third kappa shape index (κ3) is 5.48. The summed E-state index contributed by atoms with van der Waals surface area (Å²) in [5.41, 5.74) is 2.11. The summed E-state index contributed by atoms with van der Waals surface area (Å²) in [5, 5.41) is 2.93. The number of carbonyl (C=O) groups is 1. The minimum Gasteiger partial charge on any atom is -0.326 e. The molecule has 0 aliphatic rings. The Labute approximate surface area is 134 Å². The monoisotopic (exact) mass is 317 g/mol. The van der Waals surface area contributed by atoms with E-state index in [2.05, 4.69) is 36.5 Å². The number of thioether (sulfide) groups is 2. The van der Waals surface area contributed by atoms with Gasteiger partial charge in [-0.05, 0) is 49.6 Å². The van der Waals surface area contributed by atoms with Crippen molar-refractivity contribution in [3.8, 4) is 0 Å². The van der Waals surface area contributed by atoms with Crippen molar-refractivity contribution in [3.05, 3.63) is 54.1 Å². The van der Waals surface area contributed by atoms with E-state index in [1.165, 1.54) is 15.4 Å². The second-order valence-corrected chi connectivity index (χ2v) is 6.74. The van der Waals surface area contributed by atoms with Gasteiger partial charge in [0, 0.05) is 27.7 Å². The summed E-state index contributed by atoms with van der Waals surface area (Å²) in [6, 6.07) is 16.3. The Morgan fingerprint density at radius 2 is 1.62 bits per heavy atom. The van der Waals surface area contributed by atoms with Crippen LogP contribution in [-0.2, 0) is 4.79 Å². The highest BCUT2D eigenvalue weighted by atomic mass is 32.2. The lowest BCUT2D eigenvalue weighted by atomic mass is 10.2. The summed E-state index contributed by atoms with van der Waals surface area (Å²) in [5.74, 6) is 0.851. The predicted molar refractivity (Wildman–Crippen MR) is 93.4 cm³/mol. The fourth-order valence-corrected chi connectivity index (χ4v) is 3.05. The third-order valence-corrected chi connectivity index (χ3v) is 4.75. The molecule has 0 saturated carbocycles. The van der Waals surface area contributed by atoms with Crippen molar-refractivity contribution >= 4 is 35.1 Å². The molecular formula is C17H19NOS2. The quantitative estimate of drug-likeness (QED) is 0.773. The molecule has 0 atom stereocenters. The zero-order chi connectivity index (χ0) is 15.1. The van der Waals surface area contributed by atoms with E-state index in [9.17, 15) is 4.79 Å². The molecule has 0 heterocycles. The molecule has 4 heteroatoms. The summed E-state index contributed by atoms with van der Waals surface area (Å²) in [4.78, 5) is 14.3. The van der Waals surface area contributed by atoms with Crippen molar-refractivity contribution in [3.63, 3.8) is 0 Å². The van der Waals surface area contributed by atoms with Crippen molar-refractivity contribution in [2.45, 2.75) is 23.1 Å². The Balaban J connectivity index is 1.75. The predicted octanol–water partition coefficient (Wildman–Crippen LogP) is 4.84. The maximum Gasteiger partial charge on any atom is 0.225 e. The van der Waals surface area contributed by atoms with Gasteiger partial charge >= 0.3 is 0 Å². The average Bonchev–Trinajstić information content (AvgIpc) is 2.50. The van der Waals surface area contributed by atoms with Gasteiger partial charge in [0.1, 0.15) is 0 Å². The first-order chi connectivity index (χ1) is 10.2. The molecule has 2 aromatic carbocycles. The fraction of sp³-hybridized carbons (Fsp3) is 0.235. The van der Waals surface area contributed by atoms with Gasteiger partial charge in [-0.15, -0.1) is 23.5 Å². The van der Waals surface area contributed by atoms with Crippen molar-refractivity contribution in [1.29, 1.82) is 0 Å². The van der Waals surface area contributed by atoms with Gasteiger partial charge in [0.25, 0.3) is 0 Å². The van der Waals surface area contributed by atoms with Crippen LogP contribution in [-0.4, -0.2) is 17.9 Å². The number of amides is 1. The van der Waals surface area contributed by atoms with Crippen molar-refractivity contribution < 1.29 is 4.79 Å². The van der Waals surface area contributed by atoms with Crippen LogP contribution in [0.1, 0.15) is 12.0 Å². The van der Waals surface area contributed by atoms with Crippen LogP contribution >= 0.6 is 23.5 Å². The summed E-state index contributed by atoms with van der Waals surface area (Å²) in [7, 11) is 0. The Hall–Kier alpha value is -1.39. The van der Waals surface area contributed by atoms with Gasteiger partial charge < -0.3 is 5.32 Å². The fourth-order valence-electron chi connectivity index (χ4n) is 1.79. The van der Waals surface area contributed by atoms with Crippen LogP contribution in [0.25, 0.3) is 0 Å². The zero-order valence-corrected chi connectivity index (χ0v) is 13.9. The molecule has 2 aromatic rings. The molecule has 1 amide bonds. The van der Waals surface area contributed by atoms with E-state index in [1.807, 2.05) is 30.5 Å². The van der Waals surface area contributed by atoms with Crippen LogP contribution < -0.4 is 5.32 Å².